The van der Waals surface area contributed by atoms with Gasteiger partial charge in [0.25, 0.3) is 0 Å². The van der Waals surface area contributed by atoms with Crippen LogP contribution in [0.5, 0.6) is 0 Å². The van der Waals surface area contributed by atoms with Gasteiger partial charge in [0.05, 0.1) is 6.07 Å². The Bertz CT molecular complexity index is 195. The number of rotatable bonds is 1. The summed E-state index contributed by atoms with van der Waals surface area (Å²) in [7, 11) is 0. The summed E-state index contributed by atoms with van der Waals surface area (Å²) in [4.78, 5) is 9.60. The van der Waals surface area contributed by atoms with E-state index in [0.717, 1.165) is 0 Å². The van der Waals surface area contributed by atoms with Crippen LogP contribution < -0.4 is 0 Å². The molecule has 0 aromatic rings. The molecule has 4 heteroatoms. The van der Waals surface area contributed by atoms with Gasteiger partial charge in [-0.1, -0.05) is 6.58 Å². The summed E-state index contributed by atoms with van der Waals surface area (Å²) in [5.74, 6) is -0.935. The number of carbonyl (C=O) groups is 1. The molecule has 0 spiro atoms. The molecule has 2 N–H and O–H groups in total. The molecule has 0 atom stereocenters. The van der Waals surface area contributed by atoms with Crippen LogP contribution in [0.1, 0.15) is 20.8 Å². The first kappa shape index (κ1) is 13.3. The molecule has 0 bridgehead atoms. The SMILES string of the molecule is C=C(C)C(=O)O.CC(C)(O)C#N. The van der Waals surface area contributed by atoms with Crippen molar-refractivity contribution >= 4 is 5.97 Å². The van der Waals surface area contributed by atoms with Gasteiger partial charge >= 0.3 is 5.97 Å². The highest BCUT2D eigenvalue weighted by Crippen LogP contribution is 1.93. The van der Waals surface area contributed by atoms with Crippen molar-refractivity contribution in [1.29, 1.82) is 5.26 Å². The van der Waals surface area contributed by atoms with E-state index in [1.165, 1.54) is 20.8 Å². The van der Waals surface area contributed by atoms with Crippen LogP contribution >= 0.6 is 0 Å². The first-order valence-electron chi connectivity index (χ1n) is 3.23. The fraction of sp³-hybridized carbons (Fsp3) is 0.500. The van der Waals surface area contributed by atoms with Crippen LogP contribution in [0.3, 0.4) is 0 Å². The lowest BCUT2D eigenvalue weighted by Crippen LogP contribution is -2.13. The Morgan fingerprint density at radius 1 is 1.58 bits per heavy atom. The quantitative estimate of drug-likeness (QED) is 0.454. The zero-order valence-corrected chi connectivity index (χ0v) is 7.46. The molecule has 0 radical (unpaired) electrons. The molecule has 0 aromatic carbocycles. The third kappa shape index (κ3) is 15.9. The minimum Gasteiger partial charge on any atom is -0.478 e. The number of nitrogens with zero attached hydrogens (tertiary/aromatic N) is 1. The topological polar surface area (TPSA) is 81.3 Å². The van der Waals surface area contributed by atoms with Crippen LogP contribution in [0.25, 0.3) is 0 Å². The fourth-order valence-corrected chi connectivity index (χ4v) is 0. The third-order valence-electron chi connectivity index (χ3n) is 0.639. The molecule has 0 rings (SSSR count). The van der Waals surface area contributed by atoms with E-state index < -0.39 is 11.6 Å². The van der Waals surface area contributed by atoms with E-state index in [-0.39, 0.29) is 5.57 Å². The van der Waals surface area contributed by atoms with E-state index in [9.17, 15) is 4.79 Å². The molecule has 0 saturated heterocycles. The Hall–Kier alpha value is -1.34. The molecule has 0 heterocycles. The van der Waals surface area contributed by atoms with Gasteiger partial charge in [0, 0.05) is 5.57 Å². The molecule has 68 valence electrons. The van der Waals surface area contributed by atoms with Gasteiger partial charge in [-0.05, 0) is 20.8 Å². The molecule has 0 amide bonds. The van der Waals surface area contributed by atoms with Gasteiger partial charge in [-0.25, -0.2) is 4.79 Å². The maximum absolute atomic E-state index is 9.60. The minimum absolute atomic E-state index is 0.176. The van der Waals surface area contributed by atoms with Gasteiger partial charge < -0.3 is 10.2 Å². The summed E-state index contributed by atoms with van der Waals surface area (Å²) in [5, 5.41) is 24.3. The maximum atomic E-state index is 9.60. The van der Waals surface area contributed by atoms with Crippen LogP contribution in [0.15, 0.2) is 12.2 Å². The molecule has 0 aliphatic carbocycles. The van der Waals surface area contributed by atoms with Gasteiger partial charge in [-0.15, -0.1) is 0 Å². The highest BCUT2D eigenvalue weighted by atomic mass is 16.4. The number of hydrogen-bond donors (Lipinski definition) is 2. The second kappa shape index (κ2) is 5.33. The van der Waals surface area contributed by atoms with Crippen LogP contribution in [0.4, 0.5) is 0 Å². The summed E-state index contributed by atoms with van der Waals surface area (Å²) in [5.41, 5.74) is -0.977. The van der Waals surface area contributed by atoms with Crippen molar-refractivity contribution in [2.24, 2.45) is 0 Å². The average molecular weight is 171 g/mol. The summed E-state index contributed by atoms with van der Waals surface area (Å²) in [6.45, 7) is 7.48. The van der Waals surface area contributed by atoms with E-state index in [1.807, 2.05) is 0 Å². The van der Waals surface area contributed by atoms with E-state index in [0.29, 0.717) is 0 Å². The molecular weight excluding hydrogens is 158 g/mol. The predicted octanol–water partition coefficient (Wildman–Crippen LogP) is 0.928. The van der Waals surface area contributed by atoms with Gasteiger partial charge in [0.2, 0.25) is 0 Å². The van der Waals surface area contributed by atoms with Crippen molar-refractivity contribution in [2.45, 2.75) is 26.4 Å². The minimum atomic E-state index is -1.15. The lowest BCUT2D eigenvalue weighted by molar-refractivity contribution is -0.132. The molecule has 0 unspecified atom stereocenters. The highest BCUT2D eigenvalue weighted by Gasteiger charge is 2.07. The van der Waals surface area contributed by atoms with Crippen molar-refractivity contribution in [3.8, 4) is 6.07 Å². The molecule has 0 fully saturated rings. The fourth-order valence-electron chi connectivity index (χ4n) is 0. The van der Waals surface area contributed by atoms with Gasteiger partial charge in [0.1, 0.15) is 5.60 Å². The zero-order chi connectivity index (χ0) is 10.4. The van der Waals surface area contributed by atoms with Crippen molar-refractivity contribution in [3.05, 3.63) is 12.2 Å². The Kier molecular flexibility index (Phi) is 5.89. The van der Waals surface area contributed by atoms with Crippen molar-refractivity contribution in [2.75, 3.05) is 0 Å². The average Bonchev–Trinajstić information content (AvgIpc) is 1.87. The third-order valence-corrected chi connectivity index (χ3v) is 0.639. The van der Waals surface area contributed by atoms with Crippen LogP contribution in [-0.2, 0) is 4.79 Å². The number of carboxylic acids is 1. The molecule has 12 heavy (non-hydrogen) atoms. The number of nitriles is 1. The second-order valence-electron chi connectivity index (χ2n) is 2.76. The largest absolute Gasteiger partial charge is 0.478 e. The molecular formula is C8H13NO3. The van der Waals surface area contributed by atoms with Crippen molar-refractivity contribution < 1.29 is 15.0 Å². The predicted molar refractivity (Wildman–Crippen MR) is 44.4 cm³/mol. The van der Waals surface area contributed by atoms with E-state index in [1.54, 1.807) is 6.07 Å². The number of aliphatic carboxylic acids is 1. The van der Waals surface area contributed by atoms with Gasteiger partial charge in [0.15, 0.2) is 0 Å². The second-order valence-corrected chi connectivity index (χ2v) is 2.76. The normalized spacial score (nSPS) is 8.92. The molecule has 0 aliphatic heterocycles. The van der Waals surface area contributed by atoms with Crippen LogP contribution in [-0.4, -0.2) is 21.8 Å². The Morgan fingerprint density at radius 3 is 1.75 bits per heavy atom. The lowest BCUT2D eigenvalue weighted by Gasteiger charge is -2.00. The molecule has 0 aliphatic rings. The Balaban J connectivity index is 0. The maximum Gasteiger partial charge on any atom is 0.330 e. The first-order chi connectivity index (χ1) is 5.20. The van der Waals surface area contributed by atoms with Gasteiger partial charge in [-0.3, -0.25) is 0 Å². The first-order valence-corrected chi connectivity index (χ1v) is 3.23. The molecule has 0 aromatic heterocycles. The van der Waals surface area contributed by atoms with Crippen LogP contribution in [0, 0.1) is 11.3 Å². The van der Waals surface area contributed by atoms with Crippen LogP contribution in [0.2, 0.25) is 0 Å². The molecule has 0 saturated carbocycles. The van der Waals surface area contributed by atoms with E-state index in [2.05, 4.69) is 6.58 Å². The smallest absolute Gasteiger partial charge is 0.330 e. The Labute approximate surface area is 71.8 Å². The highest BCUT2D eigenvalue weighted by molar-refractivity contribution is 5.84. The number of hydrogen-bond acceptors (Lipinski definition) is 3. The molecule has 4 nitrogen and oxygen atoms in total. The van der Waals surface area contributed by atoms with E-state index >= 15 is 0 Å². The monoisotopic (exact) mass is 171 g/mol. The number of carboxylic acid groups (broad SMARTS) is 1. The summed E-state index contributed by atoms with van der Waals surface area (Å²) in [6.07, 6.45) is 0. The van der Waals surface area contributed by atoms with Crippen molar-refractivity contribution in [3.63, 3.8) is 0 Å². The van der Waals surface area contributed by atoms with Gasteiger partial charge in [-0.2, -0.15) is 5.26 Å². The standard InChI is InChI=1S/C4H7NO.C4H6O2/c1-4(2,6)3-5;1-3(2)4(5)6/h6H,1-2H3;1H2,2H3,(H,5,6). The van der Waals surface area contributed by atoms with E-state index in [4.69, 9.17) is 15.5 Å². The lowest BCUT2D eigenvalue weighted by atomic mass is 10.2. The number of aliphatic hydroxyl groups is 1. The Morgan fingerprint density at radius 2 is 1.75 bits per heavy atom. The summed E-state index contributed by atoms with van der Waals surface area (Å²) >= 11 is 0. The zero-order valence-electron chi connectivity index (χ0n) is 7.46. The summed E-state index contributed by atoms with van der Waals surface area (Å²) in [6, 6.07) is 1.66. The summed E-state index contributed by atoms with van der Waals surface area (Å²) < 4.78 is 0. The van der Waals surface area contributed by atoms with Crippen molar-refractivity contribution in [1.82, 2.24) is 0 Å².